The van der Waals surface area contributed by atoms with E-state index in [1.165, 1.54) is 17.7 Å². The topological polar surface area (TPSA) is 42.7 Å². The maximum Gasteiger partial charge on any atom is 0.157 e. The number of nitrogens with one attached hydrogen (secondary N) is 1. The number of aromatic nitrogens is 3. The fourth-order valence-electron chi connectivity index (χ4n) is 2.02. The van der Waals surface area contributed by atoms with Gasteiger partial charge in [-0.2, -0.15) is 16.9 Å². The third-order valence-electron chi connectivity index (χ3n) is 2.95. The Labute approximate surface area is 112 Å². The summed E-state index contributed by atoms with van der Waals surface area (Å²) in [5, 5.41) is 8.98. The number of fused-ring (bicyclic) bond motifs is 1. The summed E-state index contributed by atoms with van der Waals surface area (Å²) in [6.07, 6.45) is 5.29. The third-order valence-corrected chi connectivity index (χ3v) is 3.65. The predicted octanol–water partition coefficient (Wildman–Crippen LogP) is 2.12. The second-order valence-electron chi connectivity index (χ2n) is 4.45. The van der Waals surface area contributed by atoms with Crippen LogP contribution in [0.4, 0.5) is 0 Å². The van der Waals surface area contributed by atoms with Crippen molar-refractivity contribution >= 4 is 22.8 Å². The van der Waals surface area contributed by atoms with Crippen molar-refractivity contribution in [2.45, 2.75) is 19.9 Å². The average molecular weight is 264 g/mol. The van der Waals surface area contributed by atoms with E-state index in [2.05, 4.69) is 27.7 Å². The molecule has 0 bridgehead atoms. The molecule has 0 amide bonds. The van der Waals surface area contributed by atoms with Gasteiger partial charge in [-0.15, -0.1) is 0 Å². The van der Waals surface area contributed by atoms with Crippen molar-refractivity contribution < 1.29 is 0 Å². The van der Waals surface area contributed by atoms with Crippen LogP contribution in [0.3, 0.4) is 0 Å². The molecule has 2 aromatic rings. The van der Waals surface area contributed by atoms with Gasteiger partial charge in [-0.25, -0.2) is 4.98 Å². The lowest BCUT2D eigenvalue weighted by Crippen LogP contribution is -2.15. The first-order valence-corrected chi connectivity index (χ1v) is 7.59. The molecule has 0 fully saturated rings. The first-order chi connectivity index (χ1) is 8.72. The minimum absolute atomic E-state index is 0.881. The van der Waals surface area contributed by atoms with Crippen LogP contribution in [0.5, 0.6) is 0 Å². The lowest BCUT2D eigenvalue weighted by Gasteiger charge is -2.04. The van der Waals surface area contributed by atoms with Gasteiger partial charge >= 0.3 is 0 Å². The fraction of sp³-hybridized carbons (Fsp3) is 0.538. The van der Waals surface area contributed by atoms with Crippen molar-refractivity contribution in [1.29, 1.82) is 0 Å². The number of thioether (sulfide) groups is 1. The minimum atomic E-state index is 0.881. The summed E-state index contributed by atoms with van der Waals surface area (Å²) in [5.74, 6) is 1.21. The molecule has 0 aliphatic carbocycles. The Hall–Kier alpha value is -1.07. The van der Waals surface area contributed by atoms with E-state index in [0.29, 0.717) is 0 Å². The molecule has 0 saturated heterocycles. The Bertz CT molecular complexity index is 521. The molecule has 0 aliphatic rings. The molecule has 0 saturated carbocycles. The van der Waals surface area contributed by atoms with Crippen LogP contribution in [-0.2, 0) is 13.6 Å². The molecule has 2 aromatic heterocycles. The van der Waals surface area contributed by atoms with Gasteiger partial charge in [0.15, 0.2) is 5.65 Å². The van der Waals surface area contributed by atoms with Crippen LogP contribution in [0.1, 0.15) is 17.7 Å². The van der Waals surface area contributed by atoms with Gasteiger partial charge in [0.2, 0.25) is 0 Å². The molecule has 18 heavy (non-hydrogen) atoms. The van der Waals surface area contributed by atoms with Crippen molar-refractivity contribution in [1.82, 2.24) is 20.1 Å². The number of hydrogen-bond acceptors (Lipinski definition) is 4. The SMILES string of the molecule is CSCCCNCc1cnc2c(c1)c(C)nn2C. The van der Waals surface area contributed by atoms with Gasteiger partial charge in [0, 0.05) is 25.2 Å². The first-order valence-electron chi connectivity index (χ1n) is 6.20. The molecule has 0 aromatic carbocycles. The van der Waals surface area contributed by atoms with E-state index < -0.39 is 0 Å². The van der Waals surface area contributed by atoms with Gasteiger partial charge in [-0.3, -0.25) is 4.68 Å². The van der Waals surface area contributed by atoms with Crippen LogP contribution in [0.15, 0.2) is 12.3 Å². The van der Waals surface area contributed by atoms with E-state index >= 15 is 0 Å². The van der Waals surface area contributed by atoms with Crippen molar-refractivity contribution in [3.63, 3.8) is 0 Å². The Morgan fingerprint density at radius 2 is 2.28 bits per heavy atom. The molecule has 2 rings (SSSR count). The number of aryl methyl sites for hydroxylation is 2. The van der Waals surface area contributed by atoms with Gasteiger partial charge in [0.1, 0.15) is 0 Å². The second kappa shape index (κ2) is 6.20. The van der Waals surface area contributed by atoms with E-state index in [1.807, 2.05) is 36.6 Å². The summed E-state index contributed by atoms with van der Waals surface area (Å²) in [6, 6.07) is 2.19. The Balaban J connectivity index is 1.99. The van der Waals surface area contributed by atoms with Crippen LogP contribution < -0.4 is 5.32 Å². The van der Waals surface area contributed by atoms with Crippen molar-refractivity contribution in [3.8, 4) is 0 Å². The molecule has 0 spiro atoms. The summed E-state index contributed by atoms with van der Waals surface area (Å²) in [7, 11) is 1.93. The molecule has 1 N–H and O–H groups in total. The zero-order valence-electron chi connectivity index (χ0n) is 11.2. The third kappa shape index (κ3) is 3.03. The summed E-state index contributed by atoms with van der Waals surface area (Å²) < 4.78 is 1.83. The predicted molar refractivity (Wildman–Crippen MR) is 78.0 cm³/mol. The summed E-state index contributed by atoms with van der Waals surface area (Å²) >= 11 is 1.89. The van der Waals surface area contributed by atoms with Crippen molar-refractivity contribution in [2.24, 2.45) is 7.05 Å². The monoisotopic (exact) mass is 264 g/mol. The molecule has 98 valence electrons. The zero-order chi connectivity index (χ0) is 13.0. The number of nitrogens with zero attached hydrogens (tertiary/aromatic N) is 3. The van der Waals surface area contributed by atoms with Crippen LogP contribution in [0, 0.1) is 6.92 Å². The lowest BCUT2D eigenvalue weighted by molar-refractivity contribution is 0.678. The number of rotatable bonds is 6. The molecular formula is C13H20N4S. The van der Waals surface area contributed by atoms with Crippen LogP contribution >= 0.6 is 11.8 Å². The minimum Gasteiger partial charge on any atom is -0.313 e. The van der Waals surface area contributed by atoms with Crippen LogP contribution in [-0.4, -0.2) is 33.3 Å². The van der Waals surface area contributed by atoms with Gasteiger partial charge in [0.05, 0.1) is 5.69 Å². The molecule has 0 aliphatic heterocycles. The molecule has 4 nitrogen and oxygen atoms in total. The molecule has 0 unspecified atom stereocenters. The van der Waals surface area contributed by atoms with Crippen LogP contribution in [0.2, 0.25) is 0 Å². The van der Waals surface area contributed by atoms with E-state index in [9.17, 15) is 0 Å². The second-order valence-corrected chi connectivity index (χ2v) is 5.43. The highest BCUT2D eigenvalue weighted by atomic mass is 32.2. The lowest BCUT2D eigenvalue weighted by atomic mass is 10.2. The zero-order valence-corrected chi connectivity index (χ0v) is 12.0. The van der Waals surface area contributed by atoms with E-state index in [1.54, 1.807) is 0 Å². The molecule has 5 heteroatoms. The fourth-order valence-corrected chi connectivity index (χ4v) is 2.46. The molecule has 0 atom stereocenters. The summed E-state index contributed by atoms with van der Waals surface area (Å²) in [6.45, 7) is 3.97. The van der Waals surface area contributed by atoms with E-state index in [4.69, 9.17) is 0 Å². The van der Waals surface area contributed by atoms with E-state index in [0.717, 1.165) is 29.8 Å². The highest BCUT2D eigenvalue weighted by Crippen LogP contribution is 2.16. The van der Waals surface area contributed by atoms with Crippen molar-refractivity contribution in [2.75, 3.05) is 18.6 Å². The van der Waals surface area contributed by atoms with Gasteiger partial charge in [-0.05, 0) is 43.5 Å². The number of pyridine rings is 1. The highest BCUT2D eigenvalue weighted by Gasteiger charge is 2.06. The Kier molecular flexibility index (Phi) is 4.60. The van der Waals surface area contributed by atoms with Crippen molar-refractivity contribution in [3.05, 3.63) is 23.5 Å². The molecule has 2 heterocycles. The molecular weight excluding hydrogens is 244 g/mol. The Morgan fingerprint density at radius 1 is 1.44 bits per heavy atom. The highest BCUT2D eigenvalue weighted by molar-refractivity contribution is 7.98. The molecule has 0 radical (unpaired) electrons. The maximum absolute atomic E-state index is 4.47. The maximum atomic E-state index is 4.47. The number of hydrogen-bond donors (Lipinski definition) is 1. The van der Waals surface area contributed by atoms with Crippen LogP contribution in [0.25, 0.3) is 11.0 Å². The van der Waals surface area contributed by atoms with E-state index in [-0.39, 0.29) is 0 Å². The summed E-state index contributed by atoms with van der Waals surface area (Å²) in [5.41, 5.74) is 3.23. The Morgan fingerprint density at radius 3 is 3.06 bits per heavy atom. The average Bonchev–Trinajstić information content (AvgIpc) is 2.65. The van der Waals surface area contributed by atoms with Gasteiger partial charge < -0.3 is 5.32 Å². The summed E-state index contributed by atoms with van der Waals surface area (Å²) in [4.78, 5) is 4.47. The van der Waals surface area contributed by atoms with Gasteiger partial charge in [0.25, 0.3) is 0 Å². The largest absolute Gasteiger partial charge is 0.313 e. The van der Waals surface area contributed by atoms with Gasteiger partial charge in [-0.1, -0.05) is 0 Å². The first kappa shape index (κ1) is 13.4. The standard InChI is InChI=1S/C13H20N4S/c1-10-12-7-11(8-14-5-4-6-18-3)9-15-13(12)17(2)16-10/h7,9,14H,4-6,8H2,1-3H3. The quantitative estimate of drug-likeness (QED) is 0.812. The normalized spacial score (nSPS) is 11.3. The smallest absolute Gasteiger partial charge is 0.157 e.